The van der Waals surface area contributed by atoms with Crippen LogP contribution in [0, 0.1) is 13.8 Å². The van der Waals surface area contributed by atoms with Crippen LogP contribution in [0.15, 0.2) is 0 Å². The van der Waals surface area contributed by atoms with Gasteiger partial charge in [-0.25, -0.2) is 0 Å². The molecule has 84 valence electrons. The first-order valence-corrected chi connectivity index (χ1v) is 5.73. The molecule has 0 fully saturated rings. The van der Waals surface area contributed by atoms with Gasteiger partial charge < -0.3 is 5.32 Å². The van der Waals surface area contributed by atoms with Crippen LogP contribution in [0.3, 0.4) is 0 Å². The van der Waals surface area contributed by atoms with Crippen molar-refractivity contribution < 1.29 is 0 Å². The molecule has 1 aromatic rings. The van der Waals surface area contributed by atoms with E-state index in [2.05, 4.69) is 29.4 Å². The van der Waals surface area contributed by atoms with Crippen LogP contribution in [0.5, 0.6) is 0 Å². The predicted octanol–water partition coefficient (Wildman–Crippen LogP) is 3.35. The minimum Gasteiger partial charge on any atom is -0.366 e. The number of nitrogens with one attached hydrogen (secondary N) is 1. The second-order valence-corrected chi connectivity index (χ2v) is 4.11. The van der Waals surface area contributed by atoms with Crippen LogP contribution >= 0.6 is 11.6 Å². The molecule has 0 aromatic carbocycles. The lowest BCUT2D eigenvalue weighted by Gasteiger charge is -2.17. The van der Waals surface area contributed by atoms with E-state index >= 15 is 0 Å². The highest BCUT2D eigenvalue weighted by molar-refractivity contribution is 6.30. The third-order valence-electron chi connectivity index (χ3n) is 2.79. The second-order valence-electron chi connectivity index (χ2n) is 3.75. The number of aromatic nitrogens is 2. The summed E-state index contributed by atoms with van der Waals surface area (Å²) in [5.41, 5.74) is 2.09. The Kier molecular flexibility index (Phi) is 4.33. The third-order valence-corrected chi connectivity index (χ3v) is 3.15. The Hall–Kier alpha value is -0.830. The monoisotopic (exact) mass is 227 g/mol. The Bertz CT molecular complexity index is 335. The molecule has 1 aromatic heterocycles. The number of halogens is 1. The lowest BCUT2D eigenvalue weighted by Crippen LogP contribution is -2.19. The first kappa shape index (κ1) is 12.2. The van der Waals surface area contributed by atoms with E-state index in [1.54, 1.807) is 0 Å². The van der Waals surface area contributed by atoms with Crippen LogP contribution in [0.1, 0.15) is 37.8 Å². The number of anilines is 1. The summed E-state index contributed by atoms with van der Waals surface area (Å²) in [6.45, 7) is 8.30. The van der Waals surface area contributed by atoms with Crippen LogP contribution in [-0.2, 0) is 0 Å². The molecule has 0 unspecified atom stereocenters. The van der Waals surface area contributed by atoms with Crippen LogP contribution < -0.4 is 5.32 Å². The van der Waals surface area contributed by atoms with Crippen molar-refractivity contribution in [1.29, 1.82) is 0 Å². The molecular weight excluding hydrogens is 210 g/mol. The standard InChI is InChI=1S/C11H18ClN3/c1-5-9(6-2)13-11-8(4)7(3)10(12)14-15-11/h9H,5-6H2,1-4H3,(H,13,15). The largest absolute Gasteiger partial charge is 0.366 e. The minimum absolute atomic E-state index is 0.457. The van der Waals surface area contributed by atoms with Gasteiger partial charge in [0.1, 0.15) is 0 Å². The summed E-state index contributed by atoms with van der Waals surface area (Å²) >= 11 is 5.89. The highest BCUT2D eigenvalue weighted by Gasteiger charge is 2.10. The zero-order valence-corrected chi connectivity index (χ0v) is 10.5. The van der Waals surface area contributed by atoms with Gasteiger partial charge in [-0.2, -0.15) is 0 Å². The van der Waals surface area contributed by atoms with Crippen molar-refractivity contribution in [2.45, 2.75) is 46.6 Å². The number of rotatable bonds is 4. The fourth-order valence-corrected chi connectivity index (χ4v) is 1.58. The van der Waals surface area contributed by atoms with Crippen LogP contribution in [-0.4, -0.2) is 16.2 Å². The second kappa shape index (κ2) is 5.31. The van der Waals surface area contributed by atoms with Gasteiger partial charge in [-0.1, -0.05) is 25.4 Å². The van der Waals surface area contributed by atoms with E-state index < -0.39 is 0 Å². The van der Waals surface area contributed by atoms with Crippen LogP contribution in [0.4, 0.5) is 5.82 Å². The summed E-state index contributed by atoms with van der Waals surface area (Å²) in [5, 5.41) is 11.9. The molecule has 0 amide bonds. The van der Waals surface area contributed by atoms with Crippen molar-refractivity contribution in [3.05, 3.63) is 16.3 Å². The quantitative estimate of drug-likeness (QED) is 0.857. The van der Waals surface area contributed by atoms with Gasteiger partial charge in [0.15, 0.2) is 11.0 Å². The Balaban J connectivity index is 2.91. The summed E-state index contributed by atoms with van der Waals surface area (Å²) in [6.07, 6.45) is 2.17. The third kappa shape index (κ3) is 2.81. The Morgan fingerprint density at radius 2 is 1.73 bits per heavy atom. The van der Waals surface area contributed by atoms with Gasteiger partial charge in [0.25, 0.3) is 0 Å². The summed E-state index contributed by atoms with van der Waals surface area (Å²) in [4.78, 5) is 0. The Morgan fingerprint density at radius 3 is 2.27 bits per heavy atom. The van der Waals surface area contributed by atoms with E-state index in [1.807, 2.05) is 13.8 Å². The van der Waals surface area contributed by atoms with E-state index in [4.69, 9.17) is 11.6 Å². The van der Waals surface area contributed by atoms with Crippen molar-refractivity contribution in [2.75, 3.05) is 5.32 Å². The highest BCUT2D eigenvalue weighted by atomic mass is 35.5. The molecule has 0 aliphatic carbocycles. The fourth-order valence-electron chi connectivity index (χ4n) is 1.40. The summed E-state index contributed by atoms with van der Waals surface area (Å²) in [7, 11) is 0. The normalized spacial score (nSPS) is 10.8. The molecule has 4 heteroatoms. The van der Waals surface area contributed by atoms with Crippen molar-refractivity contribution in [2.24, 2.45) is 0 Å². The molecule has 0 atom stereocenters. The molecule has 0 aliphatic heterocycles. The van der Waals surface area contributed by atoms with E-state index in [-0.39, 0.29) is 0 Å². The maximum atomic E-state index is 5.89. The fraction of sp³-hybridized carbons (Fsp3) is 0.636. The molecule has 3 nitrogen and oxygen atoms in total. The molecule has 1 rings (SSSR count). The summed E-state index contributed by atoms with van der Waals surface area (Å²) in [5.74, 6) is 0.852. The van der Waals surface area contributed by atoms with E-state index in [1.165, 1.54) is 0 Å². The van der Waals surface area contributed by atoms with Crippen LogP contribution in [0.2, 0.25) is 5.15 Å². The predicted molar refractivity (Wildman–Crippen MR) is 64.5 cm³/mol. The number of nitrogens with zero attached hydrogens (tertiary/aromatic N) is 2. The van der Waals surface area contributed by atoms with Gasteiger partial charge in [0, 0.05) is 6.04 Å². The molecule has 15 heavy (non-hydrogen) atoms. The maximum Gasteiger partial charge on any atom is 0.155 e. The molecular formula is C11H18ClN3. The van der Waals surface area contributed by atoms with Crippen molar-refractivity contribution in [1.82, 2.24) is 10.2 Å². The highest BCUT2D eigenvalue weighted by Crippen LogP contribution is 2.21. The molecule has 0 saturated heterocycles. The topological polar surface area (TPSA) is 37.8 Å². The minimum atomic E-state index is 0.457. The van der Waals surface area contributed by atoms with Gasteiger partial charge in [-0.05, 0) is 37.8 Å². The SMILES string of the molecule is CCC(CC)Nc1nnc(Cl)c(C)c1C. The van der Waals surface area contributed by atoms with Crippen molar-refractivity contribution in [3.63, 3.8) is 0 Å². The average Bonchev–Trinajstić information content (AvgIpc) is 2.25. The number of hydrogen-bond donors (Lipinski definition) is 1. The van der Waals surface area contributed by atoms with E-state index in [0.29, 0.717) is 11.2 Å². The maximum absolute atomic E-state index is 5.89. The van der Waals surface area contributed by atoms with E-state index in [0.717, 1.165) is 29.8 Å². The lowest BCUT2D eigenvalue weighted by molar-refractivity contribution is 0.665. The summed E-state index contributed by atoms with van der Waals surface area (Å²) in [6, 6.07) is 0.457. The van der Waals surface area contributed by atoms with Crippen molar-refractivity contribution >= 4 is 17.4 Å². The first-order chi connectivity index (χ1) is 7.10. The average molecular weight is 228 g/mol. The zero-order chi connectivity index (χ0) is 11.4. The first-order valence-electron chi connectivity index (χ1n) is 5.36. The molecule has 0 spiro atoms. The molecule has 1 heterocycles. The van der Waals surface area contributed by atoms with Gasteiger partial charge >= 0.3 is 0 Å². The molecule has 0 saturated carbocycles. The Morgan fingerprint density at radius 1 is 1.13 bits per heavy atom. The molecule has 1 N–H and O–H groups in total. The van der Waals surface area contributed by atoms with Crippen LogP contribution in [0.25, 0.3) is 0 Å². The van der Waals surface area contributed by atoms with Gasteiger partial charge in [0.05, 0.1) is 0 Å². The lowest BCUT2D eigenvalue weighted by atomic mass is 10.1. The smallest absolute Gasteiger partial charge is 0.155 e. The summed E-state index contributed by atoms with van der Waals surface area (Å²) < 4.78 is 0. The van der Waals surface area contributed by atoms with Gasteiger partial charge in [-0.3, -0.25) is 0 Å². The molecule has 0 bridgehead atoms. The van der Waals surface area contributed by atoms with Crippen molar-refractivity contribution in [3.8, 4) is 0 Å². The molecule has 0 radical (unpaired) electrons. The van der Waals surface area contributed by atoms with Gasteiger partial charge in [0.2, 0.25) is 0 Å². The number of hydrogen-bond acceptors (Lipinski definition) is 3. The van der Waals surface area contributed by atoms with E-state index in [9.17, 15) is 0 Å². The molecule has 0 aliphatic rings. The Labute approximate surface area is 96.2 Å². The van der Waals surface area contributed by atoms with Gasteiger partial charge in [-0.15, -0.1) is 10.2 Å². The zero-order valence-electron chi connectivity index (χ0n) is 9.76.